The van der Waals surface area contributed by atoms with Crippen LogP contribution < -0.4 is 10.2 Å². The molecule has 2 aliphatic rings. The maximum atomic E-state index is 13.3. The molecule has 1 aliphatic heterocycles. The van der Waals surface area contributed by atoms with Gasteiger partial charge in [0.05, 0.1) is 17.5 Å². The van der Waals surface area contributed by atoms with E-state index in [1.165, 1.54) is 11.0 Å². The number of hydrogen-bond acceptors (Lipinski definition) is 3. The molecule has 6 nitrogen and oxygen atoms in total. The van der Waals surface area contributed by atoms with Crippen molar-refractivity contribution in [3.8, 4) is 0 Å². The lowest BCUT2D eigenvalue weighted by atomic mass is 9.74. The Morgan fingerprint density at radius 3 is 2.37 bits per heavy atom. The summed E-state index contributed by atoms with van der Waals surface area (Å²) in [7, 11) is 0. The second-order valence-corrected chi connectivity index (χ2v) is 7.07. The third-order valence-corrected chi connectivity index (χ3v) is 5.07. The maximum Gasteiger partial charge on any atom is 0.416 e. The van der Waals surface area contributed by atoms with Crippen molar-refractivity contribution in [3.63, 3.8) is 0 Å². The number of anilines is 1. The second kappa shape index (κ2) is 6.86. The number of carboxylic acid groups (broad SMARTS) is 1. The molecule has 0 atom stereocenters. The molecule has 146 valence electrons. The van der Waals surface area contributed by atoms with Crippen molar-refractivity contribution in [2.75, 3.05) is 11.4 Å². The molecule has 0 radical (unpaired) electrons. The Morgan fingerprint density at radius 1 is 1.19 bits per heavy atom. The van der Waals surface area contributed by atoms with Crippen molar-refractivity contribution in [1.29, 1.82) is 0 Å². The molecule has 0 bridgehead atoms. The monoisotopic (exact) mass is 384 g/mol. The van der Waals surface area contributed by atoms with Gasteiger partial charge < -0.3 is 15.3 Å². The Balaban J connectivity index is 1.92. The molecule has 2 fully saturated rings. The van der Waals surface area contributed by atoms with E-state index in [4.69, 9.17) is 5.11 Å². The smallest absolute Gasteiger partial charge is 0.416 e. The first-order valence-electron chi connectivity index (χ1n) is 8.67. The highest BCUT2D eigenvalue weighted by Crippen LogP contribution is 2.37. The molecule has 1 aromatic rings. The second-order valence-electron chi connectivity index (χ2n) is 7.07. The summed E-state index contributed by atoms with van der Waals surface area (Å²) in [5.41, 5.74) is -2.17. The zero-order chi connectivity index (χ0) is 19.8. The van der Waals surface area contributed by atoms with Crippen LogP contribution in [0.3, 0.4) is 0 Å². The van der Waals surface area contributed by atoms with Crippen LogP contribution in [0, 0.1) is 0 Å². The van der Waals surface area contributed by atoms with Crippen LogP contribution in [-0.4, -0.2) is 35.0 Å². The van der Waals surface area contributed by atoms with Gasteiger partial charge in [0.25, 0.3) is 5.91 Å². The van der Waals surface area contributed by atoms with E-state index in [2.05, 4.69) is 5.32 Å². The Bertz CT molecular complexity index is 787. The fourth-order valence-electron chi connectivity index (χ4n) is 3.53. The van der Waals surface area contributed by atoms with Crippen molar-refractivity contribution >= 4 is 23.5 Å². The number of carbonyl (C=O) groups excluding carboxylic acids is 2. The molecular formula is C18H19F3N2O4. The number of amides is 2. The Hall–Kier alpha value is -2.58. The fourth-order valence-corrected chi connectivity index (χ4v) is 3.53. The summed E-state index contributed by atoms with van der Waals surface area (Å²) in [5, 5.41) is 11.6. The average Bonchev–Trinajstić information content (AvgIpc) is 2.97. The number of nitrogens with one attached hydrogen (secondary N) is 1. The van der Waals surface area contributed by atoms with Gasteiger partial charge in [0.2, 0.25) is 5.91 Å². The highest BCUT2D eigenvalue weighted by molar-refractivity contribution is 5.99. The third kappa shape index (κ3) is 4.06. The van der Waals surface area contributed by atoms with Gasteiger partial charge in [0.1, 0.15) is 0 Å². The van der Waals surface area contributed by atoms with Crippen LogP contribution in [0.1, 0.15) is 54.4 Å². The summed E-state index contributed by atoms with van der Waals surface area (Å²) in [6, 6.07) is 2.84. The SMILES string of the molecule is O=C(O)CC1(NC(=O)c2cc(N3CCCC3=O)cc(C(F)(F)F)c2)CCC1. The molecule has 1 heterocycles. The van der Waals surface area contributed by atoms with Crippen molar-refractivity contribution < 1.29 is 32.7 Å². The normalized spacial score (nSPS) is 18.9. The molecule has 27 heavy (non-hydrogen) atoms. The Labute approximate surface area is 153 Å². The van der Waals surface area contributed by atoms with Gasteiger partial charge in [-0.3, -0.25) is 14.4 Å². The quantitative estimate of drug-likeness (QED) is 0.817. The zero-order valence-corrected chi connectivity index (χ0v) is 14.4. The largest absolute Gasteiger partial charge is 0.481 e. The summed E-state index contributed by atoms with van der Waals surface area (Å²) in [5.74, 6) is -2.14. The number of halogens is 3. The molecule has 1 saturated heterocycles. The van der Waals surface area contributed by atoms with Gasteiger partial charge in [-0.2, -0.15) is 13.2 Å². The van der Waals surface area contributed by atoms with Crippen LogP contribution in [0.4, 0.5) is 18.9 Å². The molecule has 0 aromatic heterocycles. The number of carboxylic acids is 1. The van der Waals surface area contributed by atoms with E-state index in [0.29, 0.717) is 25.8 Å². The minimum Gasteiger partial charge on any atom is -0.481 e. The standard InChI is InChI=1S/C18H19F3N2O4/c19-18(20,21)12-7-11(8-13(9-12)23-6-1-3-14(23)24)16(27)22-17(4-2-5-17)10-15(25)26/h7-9H,1-6,10H2,(H,22,27)(H,25,26). The number of rotatable bonds is 5. The van der Waals surface area contributed by atoms with Crippen LogP contribution in [0.15, 0.2) is 18.2 Å². The molecule has 1 saturated carbocycles. The fraction of sp³-hybridized carbons (Fsp3) is 0.500. The van der Waals surface area contributed by atoms with Crippen LogP contribution in [0.25, 0.3) is 0 Å². The van der Waals surface area contributed by atoms with Crippen molar-refractivity contribution in [2.45, 2.75) is 50.2 Å². The third-order valence-electron chi connectivity index (χ3n) is 5.07. The summed E-state index contributed by atoms with van der Waals surface area (Å²) >= 11 is 0. The zero-order valence-electron chi connectivity index (χ0n) is 14.4. The van der Waals surface area contributed by atoms with Crippen LogP contribution >= 0.6 is 0 Å². The number of benzene rings is 1. The summed E-state index contributed by atoms with van der Waals surface area (Å²) in [6.45, 7) is 0.296. The van der Waals surface area contributed by atoms with Gasteiger partial charge in [0.15, 0.2) is 0 Å². The maximum absolute atomic E-state index is 13.3. The summed E-state index contributed by atoms with van der Waals surface area (Å²) < 4.78 is 39.8. The van der Waals surface area contributed by atoms with E-state index in [-0.39, 0.29) is 30.0 Å². The van der Waals surface area contributed by atoms with E-state index in [1.807, 2.05) is 0 Å². The lowest BCUT2D eigenvalue weighted by molar-refractivity contribution is -0.139. The van der Waals surface area contributed by atoms with E-state index >= 15 is 0 Å². The number of hydrogen-bond donors (Lipinski definition) is 2. The minimum atomic E-state index is -4.68. The summed E-state index contributed by atoms with van der Waals surface area (Å²) in [4.78, 5) is 36.8. The highest BCUT2D eigenvalue weighted by atomic mass is 19.4. The van der Waals surface area contributed by atoms with Crippen LogP contribution in [0.5, 0.6) is 0 Å². The lowest BCUT2D eigenvalue weighted by Gasteiger charge is -2.41. The van der Waals surface area contributed by atoms with Gasteiger partial charge in [-0.25, -0.2) is 0 Å². The molecule has 9 heteroatoms. The number of alkyl halides is 3. The average molecular weight is 384 g/mol. The first-order valence-corrected chi connectivity index (χ1v) is 8.67. The van der Waals surface area contributed by atoms with E-state index in [1.54, 1.807) is 0 Å². The first kappa shape index (κ1) is 19.2. The molecule has 2 N–H and O–H groups in total. The minimum absolute atomic E-state index is 0.0263. The van der Waals surface area contributed by atoms with Gasteiger partial charge in [-0.15, -0.1) is 0 Å². The predicted octanol–water partition coefficient (Wildman–Crippen LogP) is 2.96. The topological polar surface area (TPSA) is 86.7 Å². The van der Waals surface area contributed by atoms with Crippen LogP contribution in [0.2, 0.25) is 0 Å². The highest BCUT2D eigenvalue weighted by Gasteiger charge is 2.41. The van der Waals surface area contributed by atoms with Crippen molar-refractivity contribution in [2.24, 2.45) is 0 Å². The number of carbonyl (C=O) groups is 3. The Kier molecular flexibility index (Phi) is 4.88. The lowest BCUT2D eigenvalue weighted by Crippen LogP contribution is -2.54. The molecule has 1 aromatic carbocycles. The molecule has 1 aliphatic carbocycles. The van der Waals surface area contributed by atoms with E-state index in [9.17, 15) is 27.6 Å². The Morgan fingerprint density at radius 2 is 1.89 bits per heavy atom. The number of aliphatic carboxylic acids is 1. The van der Waals surface area contributed by atoms with Crippen molar-refractivity contribution in [3.05, 3.63) is 29.3 Å². The first-order chi connectivity index (χ1) is 12.6. The van der Waals surface area contributed by atoms with Gasteiger partial charge in [0, 0.05) is 24.2 Å². The van der Waals surface area contributed by atoms with Gasteiger partial charge >= 0.3 is 12.1 Å². The van der Waals surface area contributed by atoms with E-state index in [0.717, 1.165) is 18.6 Å². The molecule has 2 amide bonds. The molecule has 3 rings (SSSR count). The van der Waals surface area contributed by atoms with Crippen molar-refractivity contribution in [1.82, 2.24) is 5.32 Å². The van der Waals surface area contributed by atoms with Gasteiger partial charge in [-0.05, 0) is 43.9 Å². The number of nitrogens with zero attached hydrogens (tertiary/aromatic N) is 1. The molecule has 0 unspecified atom stereocenters. The van der Waals surface area contributed by atoms with Crippen LogP contribution in [-0.2, 0) is 15.8 Å². The predicted molar refractivity (Wildman–Crippen MR) is 89.3 cm³/mol. The van der Waals surface area contributed by atoms with Gasteiger partial charge in [-0.1, -0.05) is 0 Å². The van der Waals surface area contributed by atoms with E-state index < -0.39 is 29.2 Å². The molecular weight excluding hydrogens is 365 g/mol. The summed E-state index contributed by atoms with van der Waals surface area (Å²) in [6.07, 6.45) is -2.51. The molecule has 0 spiro atoms.